The number of anilines is 2. The average Bonchev–Trinajstić information content (AvgIpc) is 3.17. The molecule has 29 heavy (non-hydrogen) atoms. The van der Waals surface area contributed by atoms with E-state index in [2.05, 4.69) is 10.3 Å². The van der Waals surface area contributed by atoms with Crippen molar-refractivity contribution < 1.29 is 19.0 Å². The molecule has 3 heterocycles. The fourth-order valence-corrected chi connectivity index (χ4v) is 3.70. The Labute approximate surface area is 171 Å². The Balaban J connectivity index is 1.38. The van der Waals surface area contributed by atoms with Crippen LogP contribution in [-0.4, -0.2) is 54.0 Å². The molecule has 4 rings (SSSR count). The smallest absolute Gasteiger partial charge is 0.255 e. The Bertz CT molecular complexity index is 837. The minimum absolute atomic E-state index is 0.0188. The third-order valence-corrected chi connectivity index (χ3v) is 5.13. The van der Waals surface area contributed by atoms with Gasteiger partial charge in [0.05, 0.1) is 36.8 Å². The number of carbonyl (C=O) groups is 1. The zero-order chi connectivity index (χ0) is 20.3. The fourth-order valence-electron chi connectivity index (χ4n) is 3.70. The van der Waals surface area contributed by atoms with Crippen molar-refractivity contribution in [2.75, 3.05) is 31.6 Å². The number of nitrogens with zero attached hydrogens (tertiary/aromatic N) is 2. The van der Waals surface area contributed by atoms with Crippen molar-refractivity contribution in [3.63, 3.8) is 0 Å². The largest absolute Gasteiger partial charge is 0.491 e. The number of hydrogen-bond donors (Lipinski definition) is 1. The van der Waals surface area contributed by atoms with Crippen molar-refractivity contribution in [3.8, 4) is 5.75 Å². The predicted octanol–water partition coefficient (Wildman–Crippen LogP) is 3.59. The highest BCUT2D eigenvalue weighted by Crippen LogP contribution is 2.32. The number of carbonyl (C=O) groups excluding carboxylic acids is 1. The first kappa shape index (κ1) is 19.7. The van der Waals surface area contributed by atoms with Crippen LogP contribution in [0.25, 0.3) is 0 Å². The summed E-state index contributed by atoms with van der Waals surface area (Å²) in [4.78, 5) is 19.0. The predicted molar refractivity (Wildman–Crippen MR) is 109 cm³/mol. The number of aromatic nitrogens is 1. The van der Waals surface area contributed by atoms with E-state index < -0.39 is 5.79 Å². The second kappa shape index (κ2) is 8.39. The Morgan fingerprint density at radius 1 is 1.10 bits per heavy atom. The van der Waals surface area contributed by atoms with Crippen LogP contribution in [0, 0.1) is 0 Å². The number of rotatable bonds is 5. The lowest BCUT2D eigenvalue weighted by molar-refractivity contribution is -0.181. The highest BCUT2D eigenvalue weighted by Gasteiger charge is 2.40. The van der Waals surface area contributed by atoms with Gasteiger partial charge >= 0.3 is 0 Å². The molecule has 0 unspecified atom stereocenters. The summed E-state index contributed by atoms with van der Waals surface area (Å²) in [5, 5.41) is 3.29. The molecule has 154 valence electrons. The molecule has 0 aliphatic carbocycles. The minimum atomic E-state index is -0.482. The number of piperidine rings is 1. The van der Waals surface area contributed by atoms with Crippen LogP contribution in [0.15, 0.2) is 42.7 Å². The van der Waals surface area contributed by atoms with Gasteiger partial charge < -0.3 is 24.4 Å². The van der Waals surface area contributed by atoms with Crippen molar-refractivity contribution in [1.29, 1.82) is 0 Å². The van der Waals surface area contributed by atoms with Gasteiger partial charge in [-0.1, -0.05) is 0 Å². The first-order valence-electron chi connectivity index (χ1n) is 10.1. The number of hydrogen-bond acceptors (Lipinski definition) is 6. The molecule has 0 radical (unpaired) electrons. The van der Waals surface area contributed by atoms with Crippen LogP contribution >= 0.6 is 0 Å². The summed E-state index contributed by atoms with van der Waals surface area (Å²) in [6, 6.07) is 9.56. The summed E-state index contributed by atoms with van der Waals surface area (Å²) < 4.78 is 17.1. The molecule has 1 spiro atoms. The summed E-state index contributed by atoms with van der Waals surface area (Å²) in [6.07, 6.45) is 4.86. The lowest BCUT2D eigenvalue weighted by atomic mass is 10.0. The number of benzene rings is 1. The highest BCUT2D eigenvalue weighted by molar-refractivity contribution is 5.95. The quantitative estimate of drug-likeness (QED) is 0.831. The molecule has 2 aliphatic heterocycles. The van der Waals surface area contributed by atoms with Gasteiger partial charge in [-0.05, 0) is 44.2 Å². The van der Waals surface area contributed by atoms with E-state index in [0.29, 0.717) is 44.7 Å². The van der Waals surface area contributed by atoms with E-state index in [-0.39, 0.29) is 12.0 Å². The number of nitrogens with one attached hydrogen (secondary N) is 1. The molecule has 2 saturated heterocycles. The monoisotopic (exact) mass is 397 g/mol. The van der Waals surface area contributed by atoms with E-state index in [0.717, 1.165) is 17.1 Å². The van der Waals surface area contributed by atoms with E-state index in [4.69, 9.17) is 14.2 Å². The number of pyridine rings is 1. The van der Waals surface area contributed by atoms with E-state index in [1.807, 2.05) is 49.1 Å². The normalized spacial score (nSPS) is 18.2. The maximum atomic E-state index is 12.9. The Kier molecular flexibility index (Phi) is 5.69. The lowest BCUT2D eigenvalue weighted by Crippen LogP contribution is -2.47. The van der Waals surface area contributed by atoms with E-state index in [1.54, 1.807) is 12.4 Å². The molecular formula is C22H27N3O4. The first-order valence-corrected chi connectivity index (χ1v) is 10.1. The SMILES string of the molecule is CC(C)Oc1ccc(Nc2cncc(C(=O)N3CCC4(CC3)OCCO4)c2)cc1. The van der Waals surface area contributed by atoms with Gasteiger partial charge in [0.2, 0.25) is 0 Å². The number of ether oxygens (including phenoxy) is 3. The van der Waals surface area contributed by atoms with E-state index in [1.165, 1.54) is 0 Å². The van der Waals surface area contributed by atoms with Gasteiger partial charge in [-0.3, -0.25) is 9.78 Å². The average molecular weight is 397 g/mol. The van der Waals surface area contributed by atoms with Gasteiger partial charge in [-0.25, -0.2) is 0 Å². The summed E-state index contributed by atoms with van der Waals surface area (Å²) in [5.74, 6) is 0.324. The molecular weight excluding hydrogens is 370 g/mol. The lowest BCUT2D eigenvalue weighted by Gasteiger charge is -2.37. The summed E-state index contributed by atoms with van der Waals surface area (Å²) in [7, 11) is 0. The zero-order valence-corrected chi connectivity index (χ0v) is 16.9. The number of likely N-dealkylation sites (tertiary alicyclic amines) is 1. The molecule has 1 aromatic carbocycles. The third-order valence-electron chi connectivity index (χ3n) is 5.13. The van der Waals surface area contributed by atoms with Gasteiger partial charge in [0.25, 0.3) is 5.91 Å². The fraction of sp³-hybridized carbons (Fsp3) is 0.455. The molecule has 0 saturated carbocycles. The summed E-state index contributed by atoms with van der Waals surface area (Å²) in [5.41, 5.74) is 2.24. The van der Waals surface area contributed by atoms with Gasteiger partial charge in [-0.2, -0.15) is 0 Å². The third kappa shape index (κ3) is 4.68. The molecule has 2 fully saturated rings. The van der Waals surface area contributed by atoms with Crippen LogP contribution in [0.2, 0.25) is 0 Å². The van der Waals surface area contributed by atoms with Crippen LogP contribution in [-0.2, 0) is 9.47 Å². The van der Waals surface area contributed by atoms with Crippen LogP contribution in [0.4, 0.5) is 11.4 Å². The molecule has 1 aromatic heterocycles. The maximum absolute atomic E-state index is 12.9. The van der Waals surface area contributed by atoms with Crippen molar-refractivity contribution in [2.24, 2.45) is 0 Å². The molecule has 2 aromatic rings. The molecule has 7 heteroatoms. The standard InChI is InChI=1S/C22H27N3O4/c1-16(2)29-20-5-3-18(4-6-20)24-19-13-17(14-23-15-19)21(26)25-9-7-22(8-10-25)27-11-12-28-22/h3-6,13-16,24H,7-12H2,1-2H3. The van der Waals surface area contributed by atoms with Gasteiger partial charge in [0.15, 0.2) is 5.79 Å². The van der Waals surface area contributed by atoms with Crippen molar-refractivity contribution in [2.45, 2.75) is 38.6 Å². The summed E-state index contributed by atoms with van der Waals surface area (Å²) >= 11 is 0. The van der Waals surface area contributed by atoms with Crippen molar-refractivity contribution in [3.05, 3.63) is 48.3 Å². The van der Waals surface area contributed by atoms with Crippen molar-refractivity contribution in [1.82, 2.24) is 9.88 Å². The zero-order valence-electron chi connectivity index (χ0n) is 16.9. The van der Waals surface area contributed by atoms with E-state index in [9.17, 15) is 4.79 Å². The molecule has 0 bridgehead atoms. The maximum Gasteiger partial charge on any atom is 0.255 e. The Morgan fingerprint density at radius 3 is 2.45 bits per heavy atom. The van der Waals surface area contributed by atoms with Crippen LogP contribution in [0.1, 0.15) is 37.0 Å². The highest BCUT2D eigenvalue weighted by atomic mass is 16.7. The van der Waals surface area contributed by atoms with Crippen LogP contribution in [0.3, 0.4) is 0 Å². The number of amides is 1. The summed E-state index contributed by atoms with van der Waals surface area (Å²) in [6.45, 7) is 6.50. The Hall–Kier alpha value is -2.64. The van der Waals surface area contributed by atoms with Crippen LogP contribution < -0.4 is 10.1 Å². The second-order valence-corrected chi connectivity index (χ2v) is 7.68. The Morgan fingerprint density at radius 2 is 1.79 bits per heavy atom. The molecule has 1 N–H and O–H groups in total. The molecule has 2 aliphatic rings. The molecule has 0 atom stereocenters. The van der Waals surface area contributed by atoms with Crippen LogP contribution in [0.5, 0.6) is 5.75 Å². The minimum Gasteiger partial charge on any atom is -0.491 e. The molecule has 1 amide bonds. The second-order valence-electron chi connectivity index (χ2n) is 7.68. The topological polar surface area (TPSA) is 72.9 Å². The van der Waals surface area contributed by atoms with Gasteiger partial charge in [-0.15, -0.1) is 0 Å². The van der Waals surface area contributed by atoms with Crippen molar-refractivity contribution >= 4 is 17.3 Å². The first-order chi connectivity index (χ1) is 14.0. The van der Waals surface area contributed by atoms with Gasteiger partial charge in [0, 0.05) is 37.8 Å². The van der Waals surface area contributed by atoms with Gasteiger partial charge in [0.1, 0.15) is 5.75 Å². The molecule has 7 nitrogen and oxygen atoms in total. The van der Waals surface area contributed by atoms with E-state index >= 15 is 0 Å².